The van der Waals surface area contributed by atoms with E-state index in [1.54, 1.807) is 6.07 Å². The molecule has 0 aromatic heterocycles. The highest BCUT2D eigenvalue weighted by molar-refractivity contribution is 5.79. The average molecular weight is 350 g/mol. The number of morpholine rings is 1. The van der Waals surface area contributed by atoms with Crippen molar-refractivity contribution < 1.29 is 9.13 Å². The predicted molar refractivity (Wildman–Crippen MR) is 100 cm³/mol. The maximum atomic E-state index is 13.3. The molecule has 5 nitrogen and oxygen atoms in total. The first-order chi connectivity index (χ1) is 12.1. The second kappa shape index (κ2) is 10.4. The lowest BCUT2D eigenvalue weighted by molar-refractivity contribution is 0.00752. The molecule has 1 aromatic rings. The van der Waals surface area contributed by atoms with Crippen LogP contribution in [0, 0.1) is 11.7 Å². The van der Waals surface area contributed by atoms with Crippen LogP contribution in [0.25, 0.3) is 0 Å². The first kappa shape index (κ1) is 19.7. The zero-order chi connectivity index (χ0) is 18.1. The molecule has 140 valence electrons. The quantitative estimate of drug-likeness (QED) is 0.585. The van der Waals surface area contributed by atoms with Gasteiger partial charge in [0, 0.05) is 32.2 Å². The number of rotatable bonds is 7. The van der Waals surface area contributed by atoms with Gasteiger partial charge in [-0.15, -0.1) is 0 Å². The van der Waals surface area contributed by atoms with Gasteiger partial charge in [-0.2, -0.15) is 0 Å². The number of benzene rings is 1. The van der Waals surface area contributed by atoms with Crippen LogP contribution in [0.15, 0.2) is 29.3 Å². The number of nitrogens with one attached hydrogen (secondary N) is 2. The van der Waals surface area contributed by atoms with Gasteiger partial charge in [0.25, 0.3) is 0 Å². The topological polar surface area (TPSA) is 48.9 Å². The summed E-state index contributed by atoms with van der Waals surface area (Å²) in [6.07, 6.45) is 0. The van der Waals surface area contributed by atoms with Crippen molar-refractivity contribution in [2.45, 2.75) is 33.4 Å². The Bertz CT molecular complexity index is 544. The molecule has 2 rings (SSSR count). The van der Waals surface area contributed by atoms with Crippen LogP contribution in [0.4, 0.5) is 4.39 Å². The van der Waals surface area contributed by atoms with Gasteiger partial charge in [0.2, 0.25) is 0 Å². The maximum absolute atomic E-state index is 13.3. The third kappa shape index (κ3) is 6.63. The maximum Gasteiger partial charge on any atom is 0.191 e. The first-order valence-electron chi connectivity index (χ1n) is 9.18. The lowest BCUT2D eigenvalue weighted by Crippen LogP contribution is -2.52. The van der Waals surface area contributed by atoms with E-state index in [1.165, 1.54) is 12.1 Å². The van der Waals surface area contributed by atoms with Crippen molar-refractivity contribution in [3.05, 3.63) is 35.6 Å². The number of guanidine groups is 1. The molecule has 1 atom stereocenters. The molecule has 1 heterocycles. The Hall–Kier alpha value is -1.66. The number of halogens is 1. The molecule has 0 saturated carbocycles. The highest BCUT2D eigenvalue weighted by Crippen LogP contribution is 2.12. The van der Waals surface area contributed by atoms with Crippen molar-refractivity contribution in [3.8, 4) is 0 Å². The van der Waals surface area contributed by atoms with Gasteiger partial charge in [0.05, 0.1) is 19.8 Å². The summed E-state index contributed by atoms with van der Waals surface area (Å²) in [5.41, 5.74) is 0.866. The van der Waals surface area contributed by atoms with Gasteiger partial charge in [0.1, 0.15) is 5.82 Å². The fourth-order valence-corrected chi connectivity index (χ4v) is 3.04. The van der Waals surface area contributed by atoms with E-state index in [0.29, 0.717) is 18.5 Å². The summed E-state index contributed by atoms with van der Waals surface area (Å²) in [4.78, 5) is 7.07. The van der Waals surface area contributed by atoms with E-state index < -0.39 is 0 Å². The lowest BCUT2D eigenvalue weighted by atomic mass is 10.0. The fraction of sp³-hybridized carbons (Fsp3) is 0.632. The predicted octanol–water partition coefficient (Wildman–Crippen LogP) is 2.24. The molecule has 0 amide bonds. The minimum Gasteiger partial charge on any atom is -0.379 e. The minimum atomic E-state index is -0.224. The molecule has 1 fully saturated rings. The molecule has 1 aliphatic heterocycles. The smallest absolute Gasteiger partial charge is 0.191 e. The second-order valence-electron chi connectivity index (χ2n) is 6.67. The molecule has 1 unspecified atom stereocenters. The Morgan fingerprint density at radius 1 is 1.28 bits per heavy atom. The van der Waals surface area contributed by atoms with Crippen LogP contribution in [0.3, 0.4) is 0 Å². The van der Waals surface area contributed by atoms with Crippen molar-refractivity contribution in [2.75, 3.05) is 39.4 Å². The van der Waals surface area contributed by atoms with Crippen molar-refractivity contribution in [1.29, 1.82) is 0 Å². The van der Waals surface area contributed by atoms with Crippen LogP contribution in [-0.2, 0) is 11.3 Å². The number of ether oxygens (including phenoxy) is 1. The SMILES string of the molecule is CCNC(=NCc1cccc(F)c1)NCC(C(C)C)N1CCOCC1. The molecular formula is C19H31FN4O. The molecule has 0 aliphatic carbocycles. The molecule has 2 N–H and O–H groups in total. The summed E-state index contributed by atoms with van der Waals surface area (Å²) >= 11 is 0. The number of nitrogens with zero attached hydrogens (tertiary/aromatic N) is 2. The highest BCUT2D eigenvalue weighted by atomic mass is 19.1. The van der Waals surface area contributed by atoms with Crippen LogP contribution >= 0.6 is 0 Å². The highest BCUT2D eigenvalue weighted by Gasteiger charge is 2.23. The van der Waals surface area contributed by atoms with Gasteiger partial charge in [0.15, 0.2) is 5.96 Å². The molecular weight excluding hydrogens is 319 g/mol. The molecule has 25 heavy (non-hydrogen) atoms. The van der Waals surface area contributed by atoms with Crippen LogP contribution in [-0.4, -0.2) is 56.3 Å². The molecule has 6 heteroatoms. The lowest BCUT2D eigenvalue weighted by Gasteiger charge is -2.37. The van der Waals surface area contributed by atoms with E-state index in [-0.39, 0.29) is 5.82 Å². The van der Waals surface area contributed by atoms with Crippen LogP contribution in [0.5, 0.6) is 0 Å². The normalized spacial score (nSPS) is 17.6. The second-order valence-corrected chi connectivity index (χ2v) is 6.67. The Kier molecular flexibility index (Phi) is 8.15. The number of aliphatic imine (C=N–C) groups is 1. The van der Waals surface area contributed by atoms with Crippen molar-refractivity contribution in [2.24, 2.45) is 10.9 Å². The average Bonchev–Trinajstić information content (AvgIpc) is 2.60. The van der Waals surface area contributed by atoms with Crippen molar-refractivity contribution in [3.63, 3.8) is 0 Å². The van der Waals surface area contributed by atoms with E-state index in [4.69, 9.17) is 4.74 Å². The van der Waals surface area contributed by atoms with E-state index in [0.717, 1.165) is 50.9 Å². The monoisotopic (exact) mass is 350 g/mol. The zero-order valence-corrected chi connectivity index (χ0v) is 15.6. The third-order valence-electron chi connectivity index (χ3n) is 4.42. The Labute approximate surface area is 150 Å². The first-order valence-corrected chi connectivity index (χ1v) is 9.18. The van der Waals surface area contributed by atoms with Gasteiger partial charge >= 0.3 is 0 Å². The Morgan fingerprint density at radius 3 is 2.68 bits per heavy atom. The summed E-state index contributed by atoms with van der Waals surface area (Å²) in [7, 11) is 0. The summed E-state index contributed by atoms with van der Waals surface area (Å²) in [6, 6.07) is 7.01. The van der Waals surface area contributed by atoms with Gasteiger partial charge in [-0.05, 0) is 30.5 Å². The number of hydrogen-bond acceptors (Lipinski definition) is 3. The summed E-state index contributed by atoms with van der Waals surface area (Å²) in [5, 5.41) is 6.71. The fourth-order valence-electron chi connectivity index (χ4n) is 3.04. The minimum absolute atomic E-state index is 0.224. The summed E-state index contributed by atoms with van der Waals surface area (Å²) in [6.45, 7) is 12.2. The number of hydrogen-bond donors (Lipinski definition) is 2. The molecule has 1 aromatic carbocycles. The van der Waals surface area contributed by atoms with Gasteiger partial charge in [-0.3, -0.25) is 4.90 Å². The summed E-state index contributed by atoms with van der Waals surface area (Å²) in [5.74, 6) is 1.08. The van der Waals surface area contributed by atoms with Gasteiger partial charge < -0.3 is 15.4 Å². The van der Waals surface area contributed by atoms with Crippen molar-refractivity contribution >= 4 is 5.96 Å². The van der Waals surface area contributed by atoms with E-state index in [2.05, 4.69) is 34.4 Å². The molecule has 0 radical (unpaired) electrons. The Morgan fingerprint density at radius 2 is 2.04 bits per heavy atom. The Balaban J connectivity index is 1.95. The molecule has 0 bridgehead atoms. The zero-order valence-electron chi connectivity index (χ0n) is 15.6. The molecule has 1 aliphatic rings. The largest absolute Gasteiger partial charge is 0.379 e. The van der Waals surface area contributed by atoms with Gasteiger partial charge in [-0.25, -0.2) is 9.38 Å². The third-order valence-corrected chi connectivity index (χ3v) is 4.42. The van der Waals surface area contributed by atoms with E-state index in [9.17, 15) is 4.39 Å². The summed E-state index contributed by atoms with van der Waals surface area (Å²) < 4.78 is 18.8. The molecule has 0 spiro atoms. The van der Waals surface area contributed by atoms with Gasteiger partial charge in [-0.1, -0.05) is 26.0 Å². The van der Waals surface area contributed by atoms with E-state index in [1.807, 2.05) is 13.0 Å². The van der Waals surface area contributed by atoms with Crippen molar-refractivity contribution in [1.82, 2.24) is 15.5 Å². The molecule has 1 saturated heterocycles. The van der Waals surface area contributed by atoms with Crippen LogP contribution in [0.2, 0.25) is 0 Å². The standard InChI is InChI=1S/C19H31FN4O/c1-4-21-19(22-13-16-6-5-7-17(20)12-16)23-14-18(15(2)3)24-8-10-25-11-9-24/h5-7,12,15,18H,4,8-11,13-14H2,1-3H3,(H2,21,22,23). The van der Waals surface area contributed by atoms with E-state index >= 15 is 0 Å². The van der Waals surface area contributed by atoms with Crippen LogP contribution < -0.4 is 10.6 Å². The van der Waals surface area contributed by atoms with Crippen LogP contribution in [0.1, 0.15) is 26.3 Å².